The second-order valence-electron chi connectivity index (χ2n) is 10.0. The highest BCUT2D eigenvalue weighted by molar-refractivity contribution is 9.10. The Morgan fingerprint density at radius 2 is 1.78 bits per heavy atom. The topological polar surface area (TPSA) is 125 Å². The molecule has 0 aromatic heterocycles. The highest BCUT2D eigenvalue weighted by atomic mass is 79.9. The van der Waals surface area contributed by atoms with E-state index in [1.807, 2.05) is 13.8 Å². The van der Waals surface area contributed by atoms with Crippen LogP contribution in [0.2, 0.25) is 0 Å². The second kappa shape index (κ2) is 13.6. The van der Waals surface area contributed by atoms with E-state index < -0.39 is 29.9 Å². The number of allylic oxidation sites excluding steroid dienone is 2. The number of nitrogens with zero attached hydrogens (tertiary/aromatic N) is 1. The third-order valence-corrected chi connectivity index (χ3v) is 7.03. The number of phenolic OH excluding ortho intramolecular Hbond substituents is 1. The molecule has 0 aliphatic carbocycles. The van der Waals surface area contributed by atoms with Crippen molar-refractivity contribution < 1.29 is 29.0 Å². The molecular formula is C27H38BrN3O6. The van der Waals surface area contributed by atoms with Crippen LogP contribution in [-0.4, -0.2) is 65.5 Å². The maximum Gasteiger partial charge on any atom is 0.328 e. The molecule has 0 spiro atoms. The summed E-state index contributed by atoms with van der Waals surface area (Å²) < 4.78 is 6.02. The van der Waals surface area contributed by atoms with Gasteiger partial charge in [-0.05, 0) is 73.2 Å². The van der Waals surface area contributed by atoms with Gasteiger partial charge in [0, 0.05) is 19.4 Å². The number of hydrogen-bond acceptors (Lipinski definition) is 6. The van der Waals surface area contributed by atoms with Gasteiger partial charge in [0.05, 0.1) is 17.1 Å². The molecule has 1 aliphatic heterocycles. The number of aromatic hydroxyl groups is 1. The molecule has 0 fully saturated rings. The Bertz CT molecular complexity index is 1040. The Morgan fingerprint density at radius 3 is 2.43 bits per heavy atom. The fourth-order valence-electron chi connectivity index (χ4n) is 4.38. The quantitative estimate of drug-likeness (QED) is 0.365. The van der Waals surface area contributed by atoms with Crippen molar-refractivity contribution in [1.82, 2.24) is 15.5 Å². The minimum Gasteiger partial charge on any atom is -0.507 e. The zero-order valence-electron chi connectivity index (χ0n) is 22.3. The van der Waals surface area contributed by atoms with Gasteiger partial charge in [0.2, 0.25) is 17.7 Å². The first-order valence-corrected chi connectivity index (χ1v) is 13.3. The number of esters is 1. The molecule has 3 amide bonds. The zero-order valence-corrected chi connectivity index (χ0v) is 23.9. The summed E-state index contributed by atoms with van der Waals surface area (Å²) in [5, 5.41) is 15.2. The van der Waals surface area contributed by atoms with E-state index in [9.17, 15) is 24.3 Å². The SMILES string of the molecule is C/C1=C\[C@H](C)C[C@H](C)OC(=O)[C@H](C)NC(=O)[C@@H](Cc2ccc(O)c(Br)c2)N(C)C(=O)CNC(=O)[C@@H](C)C1. The summed E-state index contributed by atoms with van der Waals surface area (Å²) in [5.41, 5.74) is 1.73. The lowest BCUT2D eigenvalue weighted by Crippen LogP contribution is -2.54. The highest BCUT2D eigenvalue weighted by Crippen LogP contribution is 2.25. The third-order valence-electron chi connectivity index (χ3n) is 6.40. The summed E-state index contributed by atoms with van der Waals surface area (Å²) in [7, 11) is 1.48. The maximum atomic E-state index is 13.3. The van der Waals surface area contributed by atoms with Crippen LogP contribution in [0.5, 0.6) is 5.75 Å². The minimum atomic E-state index is -0.977. The standard InChI is InChI=1S/C27H38BrN3O6/c1-15-9-16(2)11-18(4)37-27(36)19(5)30-26(35)22(13-20-7-8-23(32)21(28)12-20)31(6)24(33)14-29-25(34)17(3)10-15/h7-9,12,16-19,22,32H,10-11,13-14H2,1-6H3,(H,29,34)(H,30,35)/b15-9+/t16-,17-,18-,19-,22+/m0/s1. The number of halogens is 1. The van der Waals surface area contributed by atoms with Gasteiger partial charge in [-0.3, -0.25) is 14.4 Å². The zero-order chi connectivity index (χ0) is 27.9. The van der Waals surface area contributed by atoms with Gasteiger partial charge in [0.1, 0.15) is 17.8 Å². The molecule has 0 unspecified atom stereocenters. The highest BCUT2D eigenvalue weighted by Gasteiger charge is 2.31. The van der Waals surface area contributed by atoms with Crippen molar-refractivity contribution >= 4 is 39.6 Å². The predicted octanol–water partition coefficient (Wildman–Crippen LogP) is 3.09. The summed E-state index contributed by atoms with van der Waals surface area (Å²) in [6.07, 6.45) is 2.94. The van der Waals surface area contributed by atoms with E-state index in [1.165, 1.54) is 24.9 Å². The lowest BCUT2D eigenvalue weighted by atomic mass is 9.96. The summed E-state index contributed by atoms with van der Waals surface area (Å²) in [5.74, 6) is -1.98. The third kappa shape index (κ3) is 9.18. The summed E-state index contributed by atoms with van der Waals surface area (Å²) in [6.45, 7) is 8.85. The van der Waals surface area contributed by atoms with Crippen molar-refractivity contribution in [3.8, 4) is 5.75 Å². The van der Waals surface area contributed by atoms with Crippen molar-refractivity contribution in [1.29, 1.82) is 0 Å². The first kappa shape index (κ1) is 30.3. The molecule has 10 heteroatoms. The van der Waals surface area contributed by atoms with Crippen LogP contribution in [0.25, 0.3) is 0 Å². The molecule has 0 saturated heterocycles. The van der Waals surface area contributed by atoms with Crippen LogP contribution < -0.4 is 10.6 Å². The molecule has 9 nitrogen and oxygen atoms in total. The summed E-state index contributed by atoms with van der Waals surface area (Å²) in [6, 6.07) is 2.89. The average Bonchev–Trinajstić information content (AvgIpc) is 2.81. The van der Waals surface area contributed by atoms with Gasteiger partial charge in [-0.15, -0.1) is 0 Å². The Hall–Kier alpha value is -2.88. The number of hydrogen-bond donors (Lipinski definition) is 3. The largest absolute Gasteiger partial charge is 0.507 e. The van der Waals surface area contributed by atoms with Crippen molar-refractivity contribution in [3.63, 3.8) is 0 Å². The number of likely N-dealkylation sites (N-methyl/N-ethyl adjacent to an activating group) is 1. The second-order valence-corrected chi connectivity index (χ2v) is 10.9. The number of amides is 3. The van der Waals surface area contributed by atoms with Gasteiger partial charge in [-0.2, -0.15) is 0 Å². The van der Waals surface area contributed by atoms with Crippen LogP contribution in [0.4, 0.5) is 0 Å². The van der Waals surface area contributed by atoms with Crippen LogP contribution in [0.15, 0.2) is 34.3 Å². The fourth-order valence-corrected chi connectivity index (χ4v) is 4.81. The minimum absolute atomic E-state index is 0.0454. The normalized spacial score (nSPS) is 28.8. The lowest BCUT2D eigenvalue weighted by molar-refractivity contribution is -0.153. The average molecular weight is 581 g/mol. The molecule has 1 aliphatic rings. The Balaban J connectivity index is 2.34. The summed E-state index contributed by atoms with van der Waals surface area (Å²) in [4.78, 5) is 52.9. The molecule has 1 heterocycles. The Labute approximate surface area is 227 Å². The van der Waals surface area contributed by atoms with Crippen molar-refractivity contribution in [2.24, 2.45) is 11.8 Å². The number of benzene rings is 1. The van der Waals surface area contributed by atoms with E-state index in [0.29, 0.717) is 22.9 Å². The van der Waals surface area contributed by atoms with Crippen LogP contribution in [0.1, 0.15) is 53.0 Å². The molecule has 0 saturated carbocycles. The van der Waals surface area contributed by atoms with Gasteiger partial charge < -0.3 is 25.4 Å². The number of rotatable bonds is 2. The first-order chi connectivity index (χ1) is 17.3. The molecule has 3 N–H and O–H groups in total. The first-order valence-electron chi connectivity index (χ1n) is 12.5. The molecule has 2 rings (SSSR count). The van der Waals surface area contributed by atoms with Gasteiger partial charge in [-0.25, -0.2) is 4.79 Å². The monoisotopic (exact) mass is 579 g/mol. The smallest absolute Gasteiger partial charge is 0.328 e. The fraction of sp³-hybridized carbons (Fsp3) is 0.556. The molecule has 0 bridgehead atoms. The van der Waals surface area contributed by atoms with Crippen LogP contribution in [0.3, 0.4) is 0 Å². The van der Waals surface area contributed by atoms with E-state index in [-0.39, 0.29) is 42.6 Å². The predicted molar refractivity (Wildman–Crippen MR) is 144 cm³/mol. The summed E-state index contributed by atoms with van der Waals surface area (Å²) >= 11 is 3.26. The van der Waals surface area contributed by atoms with E-state index in [2.05, 4.69) is 32.6 Å². The number of cyclic esters (lactones) is 1. The van der Waals surface area contributed by atoms with Crippen molar-refractivity contribution in [2.75, 3.05) is 13.6 Å². The van der Waals surface area contributed by atoms with E-state index >= 15 is 0 Å². The number of nitrogens with one attached hydrogen (secondary N) is 2. The van der Waals surface area contributed by atoms with Crippen molar-refractivity contribution in [2.45, 2.75) is 72.1 Å². The molecule has 204 valence electrons. The lowest BCUT2D eigenvalue weighted by Gasteiger charge is -2.29. The molecule has 5 atom stereocenters. The molecule has 1 aromatic carbocycles. The Kier molecular flexibility index (Phi) is 11.2. The van der Waals surface area contributed by atoms with Gasteiger partial charge in [0.15, 0.2) is 0 Å². The van der Waals surface area contributed by atoms with Crippen LogP contribution in [0, 0.1) is 11.8 Å². The molecule has 1 aromatic rings. The van der Waals surface area contributed by atoms with Crippen LogP contribution >= 0.6 is 15.9 Å². The number of carbonyl (C=O) groups is 4. The number of phenols is 1. The van der Waals surface area contributed by atoms with E-state index in [4.69, 9.17) is 4.74 Å². The van der Waals surface area contributed by atoms with Gasteiger partial charge in [0.25, 0.3) is 0 Å². The number of carbonyl (C=O) groups excluding carboxylic acids is 4. The molecule has 0 radical (unpaired) electrons. The van der Waals surface area contributed by atoms with Crippen molar-refractivity contribution in [3.05, 3.63) is 39.9 Å². The van der Waals surface area contributed by atoms with Crippen LogP contribution in [-0.2, 0) is 30.3 Å². The van der Waals surface area contributed by atoms with Gasteiger partial charge in [-0.1, -0.05) is 31.6 Å². The van der Waals surface area contributed by atoms with E-state index in [1.54, 1.807) is 26.0 Å². The van der Waals surface area contributed by atoms with E-state index in [0.717, 1.165) is 5.57 Å². The molecular weight excluding hydrogens is 542 g/mol. The Morgan fingerprint density at radius 1 is 1.11 bits per heavy atom. The molecule has 37 heavy (non-hydrogen) atoms. The van der Waals surface area contributed by atoms with Gasteiger partial charge >= 0.3 is 5.97 Å². The number of ether oxygens (including phenoxy) is 1. The maximum absolute atomic E-state index is 13.3.